The standard InChI is InChI=1S/C11H12N4O2/c1-17-6-7-2-4-8(5-3-7)9-10(11(12)16)14-15-13-9/h2-5H,6H2,1H3,(H2,12,16)(H,13,14,15). The molecule has 2 rings (SSSR count). The number of aromatic amines is 1. The van der Waals surface area contributed by atoms with E-state index in [1.54, 1.807) is 7.11 Å². The summed E-state index contributed by atoms with van der Waals surface area (Å²) in [5.74, 6) is -0.602. The molecular weight excluding hydrogens is 220 g/mol. The third-order valence-electron chi connectivity index (χ3n) is 2.32. The molecule has 0 aliphatic heterocycles. The molecule has 1 amide bonds. The van der Waals surface area contributed by atoms with Crippen molar-refractivity contribution in [1.82, 2.24) is 15.4 Å². The van der Waals surface area contributed by atoms with Crippen molar-refractivity contribution in [1.29, 1.82) is 0 Å². The van der Waals surface area contributed by atoms with Gasteiger partial charge in [0.25, 0.3) is 5.91 Å². The SMILES string of the molecule is COCc1ccc(-c2n[nH]nc2C(N)=O)cc1. The molecule has 0 aliphatic carbocycles. The van der Waals surface area contributed by atoms with Crippen LogP contribution in [0.3, 0.4) is 0 Å². The van der Waals surface area contributed by atoms with E-state index in [9.17, 15) is 4.79 Å². The van der Waals surface area contributed by atoms with Crippen LogP contribution in [0.25, 0.3) is 11.3 Å². The third-order valence-corrected chi connectivity index (χ3v) is 2.32. The number of ether oxygens (including phenoxy) is 1. The van der Waals surface area contributed by atoms with Crippen molar-refractivity contribution >= 4 is 5.91 Å². The number of carbonyl (C=O) groups is 1. The van der Waals surface area contributed by atoms with Gasteiger partial charge in [0.05, 0.1) is 6.61 Å². The molecule has 1 aromatic heterocycles. The first-order chi connectivity index (χ1) is 8.22. The maximum atomic E-state index is 11.1. The van der Waals surface area contributed by atoms with Crippen molar-refractivity contribution < 1.29 is 9.53 Å². The number of carbonyl (C=O) groups excluding carboxylic acids is 1. The Morgan fingerprint density at radius 2 is 2.06 bits per heavy atom. The molecule has 0 bridgehead atoms. The average molecular weight is 232 g/mol. The van der Waals surface area contributed by atoms with Gasteiger partial charge in [0, 0.05) is 12.7 Å². The Bertz CT molecular complexity index is 519. The van der Waals surface area contributed by atoms with Crippen LogP contribution in [0.15, 0.2) is 24.3 Å². The summed E-state index contributed by atoms with van der Waals surface area (Å²) >= 11 is 0. The van der Waals surface area contributed by atoms with E-state index in [-0.39, 0.29) is 5.69 Å². The van der Waals surface area contributed by atoms with Crippen molar-refractivity contribution in [2.45, 2.75) is 6.61 Å². The smallest absolute Gasteiger partial charge is 0.271 e. The molecule has 0 radical (unpaired) electrons. The van der Waals surface area contributed by atoms with Crippen LogP contribution in [0.4, 0.5) is 0 Å². The third kappa shape index (κ3) is 2.31. The van der Waals surface area contributed by atoms with Crippen LogP contribution in [0.1, 0.15) is 16.1 Å². The first-order valence-electron chi connectivity index (χ1n) is 5.01. The highest BCUT2D eigenvalue weighted by atomic mass is 16.5. The lowest BCUT2D eigenvalue weighted by molar-refractivity contribution is 0.0996. The molecule has 0 aliphatic rings. The van der Waals surface area contributed by atoms with Gasteiger partial charge in [0.2, 0.25) is 0 Å². The molecule has 6 heteroatoms. The van der Waals surface area contributed by atoms with Gasteiger partial charge in [-0.3, -0.25) is 4.79 Å². The van der Waals surface area contributed by atoms with E-state index in [1.807, 2.05) is 24.3 Å². The quantitative estimate of drug-likeness (QED) is 0.812. The highest BCUT2D eigenvalue weighted by molar-refractivity contribution is 5.96. The second kappa shape index (κ2) is 4.75. The normalized spacial score (nSPS) is 10.4. The van der Waals surface area contributed by atoms with Gasteiger partial charge in [-0.05, 0) is 5.56 Å². The Morgan fingerprint density at radius 1 is 1.35 bits per heavy atom. The molecule has 1 aromatic carbocycles. The van der Waals surface area contributed by atoms with Gasteiger partial charge in [-0.25, -0.2) is 0 Å². The van der Waals surface area contributed by atoms with Crippen molar-refractivity contribution in [2.24, 2.45) is 5.73 Å². The van der Waals surface area contributed by atoms with E-state index in [2.05, 4.69) is 15.4 Å². The molecule has 0 saturated carbocycles. The van der Waals surface area contributed by atoms with Crippen molar-refractivity contribution in [2.75, 3.05) is 7.11 Å². The van der Waals surface area contributed by atoms with E-state index < -0.39 is 5.91 Å². The van der Waals surface area contributed by atoms with Crippen molar-refractivity contribution in [3.63, 3.8) is 0 Å². The molecule has 88 valence electrons. The van der Waals surface area contributed by atoms with Crippen molar-refractivity contribution in [3.8, 4) is 11.3 Å². The van der Waals surface area contributed by atoms with Gasteiger partial charge in [-0.2, -0.15) is 15.4 Å². The van der Waals surface area contributed by atoms with E-state index in [4.69, 9.17) is 10.5 Å². The maximum Gasteiger partial charge on any atom is 0.271 e. The van der Waals surface area contributed by atoms with Crippen LogP contribution in [0, 0.1) is 0 Å². The summed E-state index contributed by atoms with van der Waals surface area (Å²) in [7, 11) is 1.64. The second-order valence-corrected chi connectivity index (χ2v) is 3.52. The number of primary amides is 1. The fraction of sp³-hybridized carbons (Fsp3) is 0.182. The summed E-state index contributed by atoms with van der Waals surface area (Å²) in [5, 5.41) is 10.0. The Balaban J connectivity index is 2.33. The van der Waals surface area contributed by atoms with E-state index >= 15 is 0 Å². The molecule has 2 aromatic rings. The number of amides is 1. The molecule has 0 atom stereocenters. The van der Waals surface area contributed by atoms with Crippen LogP contribution in [0.2, 0.25) is 0 Å². The highest BCUT2D eigenvalue weighted by Crippen LogP contribution is 2.19. The summed E-state index contributed by atoms with van der Waals surface area (Å²) in [6.07, 6.45) is 0. The van der Waals surface area contributed by atoms with Gasteiger partial charge in [-0.1, -0.05) is 24.3 Å². The van der Waals surface area contributed by atoms with Crippen LogP contribution < -0.4 is 5.73 Å². The largest absolute Gasteiger partial charge is 0.380 e. The molecule has 0 saturated heterocycles. The molecule has 1 heterocycles. The highest BCUT2D eigenvalue weighted by Gasteiger charge is 2.14. The summed E-state index contributed by atoms with van der Waals surface area (Å²) in [6, 6.07) is 7.49. The van der Waals surface area contributed by atoms with Gasteiger partial charge < -0.3 is 10.5 Å². The molecule has 3 N–H and O–H groups in total. The number of aromatic nitrogens is 3. The topological polar surface area (TPSA) is 93.9 Å². The minimum Gasteiger partial charge on any atom is -0.380 e. The number of hydrogen-bond donors (Lipinski definition) is 2. The lowest BCUT2D eigenvalue weighted by atomic mass is 10.1. The zero-order chi connectivity index (χ0) is 12.3. The van der Waals surface area contributed by atoms with Gasteiger partial charge in [0.1, 0.15) is 5.69 Å². The van der Waals surface area contributed by atoms with Gasteiger partial charge in [0.15, 0.2) is 5.69 Å². The van der Waals surface area contributed by atoms with Crippen LogP contribution >= 0.6 is 0 Å². The molecule has 0 unspecified atom stereocenters. The number of H-pyrrole nitrogens is 1. The average Bonchev–Trinajstić information content (AvgIpc) is 2.79. The predicted octanol–water partition coefficient (Wildman–Crippen LogP) is 0.717. The monoisotopic (exact) mass is 232 g/mol. The van der Waals surface area contributed by atoms with E-state index in [0.717, 1.165) is 11.1 Å². The number of benzene rings is 1. The second-order valence-electron chi connectivity index (χ2n) is 3.52. The Labute approximate surface area is 97.8 Å². The van der Waals surface area contributed by atoms with Crippen LogP contribution in [0.5, 0.6) is 0 Å². The first-order valence-corrected chi connectivity index (χ1v) is 5.01. The summed E-state index contributed by atoms with van der Waals surface area (Å²) < 4.78 is 5.01. The zero-order valence-corrected chi connectivity index (χ0v) is 9.30. The molecule has 0 spiro atoms. The van der Waals surface area contributed by atoms with Gasteiger partial charge >= 0.3 is 0 Å². The van der Waals surface area contributed by atoms with Crippen LogP contribution in [-0.4, -0.2) is 28.4 Å². The van der Waals surface area contributed by atoms with E-state index in [0.29, 0.717) is 12.3 Å². The number of rotatable bonds is 4. The number of methoxy groups -OCH3 is 1. The van der Waals surface area contributed by atoms with Gasteiger partial charge in [-0.15, -0.1) is 0 Å². The fourth-order valence-corrected chi connectivity index (χ4v) is 1.53. The Hall–Kier alpha value is -2.21. The van der Waals surface area contributed by atoms with Crippen molar-refractivity contribution in [3.05, 3.63) is 35.5 Å². The maximum absolute atomic E-state index is 11.1. The predicted molar refractivity (Wildman–Crippen MR) is 61.0 cm³/mol. The number of nitrogens with zero attached hydrogens (tertiary/aromatic N) is 2. The lowest BCUT2D eigenvalue weighted by Gasteiger charge is -2.01. The summed E-state index contributed by atoms with van der Waals surface area (Å²) in [5.41, 5.74) is 7.62. The minimum atomic E-state index is -0.602. The number of nitrogens with one attached hydrogen (secondary N) is 1. The van der Waals surface area contributed by atoms with E-state index in [1.165, 1.54) is 0 Å². The Morgan fingerprint density at radius 3 is 2.65 bits per heavy atom. The first kappa shape index (κ1) is 11.3. The molecule has 0 fully saturated rings. The molecule has 6 nitrogen and oxygen atoms in total. The lowest BCUT2D eigenvalue weighted by Crippen LogP contribution is -2.12. The number of hydrogen-bond acceptors (Lipinski definition) is 4. The summed E-state index contributed by atoms with van der Waals surface area (Å²) in [6.45, 7) is 0.543. The minimum absolute atomic E-state index is 0.143. The zero-order valence-electron chi connectivity index (χ0n) is 9.30. The summed E-state index contributed by atoms with van der Waals surface area (Å²) in [4.78, 5) is 11.1. The van der Waals surface area contributed by atoms with Crippen LogP contribution in [-0.2, 0) is 11.3 Å². The fourth-order valence-electron chi connectivity index (χ4n) is 1.53. The number of nitrogens with two attached hydrogens (primary N) is 1. The molecule has 17 heavy (non-hydrogen) atoms. The Kier molecular flexibility index (Phi) is 3.15. The molecular formula is C11H12N4O2.